The molecule has 4 unspecified atom stereocenters. The fourth-order valence-corrected chi connectivity index (χ4v) is 3.91. The Hall–Kier alpha value is -1.64. The number of hydrogen-bond acceptors (Lipinski definition) is 7. The quantitative estimate of drug-likeness (QED) is 0.417. The highest BCUT2D eigenvalue weighted by Crippen LogP contribution is 2.33. The Bertz CT molecular complexity index is 590. The van der Waals surface area contributed by atoms with E-state index in [9.17, 15) is 19.8 Å². The summed E-state index contributed by atoms with van der Waals surface area (Å²) >= 11 is 1.23. The van der Waals surface area contributed by atoms with Gasteiger partial charge in [-0.15, -0.1) is 11.8 Å². The number of allylic oxidation sites excluding steroid dienone is 2. The van der Waals surface area contributed by atoms with Crippen LogP contribution >= 0.6 is 11.8 Å². The zero-order valence-electron chi connectivity index (χ0n) is 14.3. The molecule has 25 heavy (non-hydrogen) atoms. The topological polar surface area (TPSA) is 114 Å². The van der Waals surface area contributed by atoms with E-state index in [1.807, 2.05) is 31.2 Å². The van der Waals surface area contributed by atoms with Gasteiger partial charge in [0.1, 0.15) is 18.3 Å². The molecule has 8 heteroatoms. The van der Waals surface area contributed by atoms with Crippen molar-refractivity contribution in [3.05, 3.63) is 24.3 Å². The first-order valence-electron chi connectivity index (χ1n) is 8.20. The molecule has 0 aromatic rings. The van der Waals surface area contributed by atoms with Crippen LogP contribution in [0.25, 0.3) is 0 Å². The number of rotatable bonds is 9. The smallest absolute Gasteiger partial charge is 0.217 e. The Morgan fingerprint density at radius 2 is 2.36 bits per heavy atom. The van der Waals surface area contributed by atoms with Gasteiger partial charge in [0, 0.05) is 19.2 Å². The van der Waals surface area contributed by atoms with Crippen LogP contribution in [0.15, 0.2) is 29.3 Å². The van der Waals surface area contributed by atoms with Gasteiger partial charge in [-0.3, -0.25) is 9.79 Å². The number of epoxide rings is 1. The Morgan fingerprint density at radius 3 is 2.92 bits per heavy atom. The van der Waals surface area contributed by atoms with Crippen LogP contribution < -0.4 is 10.4 Å². The van der Waals surface area contributed by atoms with Crippen LogP contribution in [-0.2, 0) is 14.3 Å². The summed E-state index contributed by atoms with van der Waals surface area (Å²) in [6, 6.07) is -1.13. The molecule has 0 aromatic heterocycles. The Kier molecular flexibility index (Phi) is 7.22. The summed E-state index contributed by atoms with van der Waals surface area (Å²) in [5, 5.41) is 23.8. The fourth-order valence-electron chi connectivity index (χ4n) is 2.61. The Morgan fingerprint density at radius 1 is 1.60 bits per heavy atom. The van der Waals surface area contributed by atoms with Gasteiger partial charge in [-0.25, -0.2) is 0 Å². The molecule has 5 atom stereocenters. The zero-order valence-corrected chi connectivity index (χ0v) is 15.1. The van der Waals surface area contributed by atoms with Crippen LogP contribution in [-0.4, -0.2) is 64.6 Å². The molecule has 0 aliphatic carbocycles. The number of nitrogens with one attached hydrogen (secondary N) is 1. The first-order valence-corrected chi connectivity index (χ1v) is 9.25. The van der Waals surface area contributed by atoms with Crippen molar-refractivity contribution in [2.75, 3.05) is 12.3 Å². The number of aliphatic imine (C=N–C) groups is 1. The minimum atomic E-state index is -1.36. The minimum Gasteiger partial charge on any atom is -0.548 e. The second-order valence-electron chi connectivity index (χ2n) is 5.91. The molecule has 138 valence electrons. The monoisotopic (exact) mass is 367 g/mol. The molecule has 2 N–H and O–H groups in total. The normalized spacial score (nSPS) is 26.0. The lowest BCUT2D eigenvalue weighted by Gasteiger charge is -2.26. The molecule has 7 nitrogen and oxygen atoms in total. The van der Waals surface area contributed by atoms with Crippen molar-refractivity contribution >= 4 is 29.4 Å². The van der Waals surface area contributed by atoms with Crippen LogP contribution in [0, 0.1) is 0 Å². The molecular weight excluding hydrogens is 344 g/mol. The van der Waals surface area contributed by atoms with E-state index >= 15 is 0 Å². The number of amides is 1. The number of dihydropyridines is 1. The van der Waals surface area contributed by atoms with E-state index in [0.717, 1.165) is 6.42 Å². The number of aliphatic hydroxyl groups is 1. The predicted molar refractivity (Wildman–Crippen MR) is 94.4 cm³/mol. The van der Waals surface area contributed by atoms with Gasteiger partial charge in [0.2, 0.25) is 5.91 Å². The molecule has 1 fully saturated rings. The lowest BCUT2D eigenvalue weighted by atomic mass is 10.0. The van der Waals surface area contributed by atoms with Gasteiger partial charge in [-0.2, -0.15) is 0 Å². The summed E-state index contributed by atoms with van der Waals surface area (Å²) in [6.45, 7) is 3.76. The molecular formula is C17H23N2O5S-. The number of aliphatic hydroxyl groups excluding tert-OH is 1. The standard InChI is InChI=1S/C17H24N2O5S/c1-3-6-13-15(24-13)14(21)16(11-7-4-5-8-18-11)25-9-12(17(22)23)19-10(2)20/h3-4,6-7,12-16,21H,5,8-9H2,1-2H3,(H,19,20)(H,22,23)/p-1/b6-3+/t12-,13?,14?,15?,16?/m0/s1. The van der Waals surface area contributed by atoms with Gasteiger partial charge in [-0.1, -0.05) is 18.2 Å². The number of thioether (sulfide) groups is 1. The third-order valence-electron chi connectivity index (χ3n) is 3.87. The number of carboxylic acid groups (broad SMARTS) is 1. The Labute approximate surface area is 151 Å². The maximum atomic E-state index is 11.2. The van der Waals surface area contributed by atoms with Gasteiger partial charge in [0.15, 0.2) is 0 Å². The van der Waals surface area contributed by atoms with Gasteiger partial charge < -0.3 is 25.1 Å². The zero-order chi connectivity index (χ0) is 18.4. The summed E-state index contributed by atoms with van der Waals surface area (Å²) in [5.74, 6) is -1.73. The summed E-state index contributed by atoms with van der Waals surface area (Å²) in [4.78, 5) is 26.8. The molecule has 0 spiro atoms. The van der Waals surface area contributed by atoms with Gasteiger partial charge in [0.25, 0.3) is 0 Å². The van der Waals surface area contributed by atoms with E-state index in [0.29, 0.717) is 12.3 Å². The third kappa shape index (κ3) is 5.69. The third-order valence-corrected chi connectivity index (χ3v) is 5.27. The molecule has 0 saturated carbocycles. The van der Waals surface area contributed by atoms with Crippen molar-refractivity contribution in [1.29, 1.82) is 0 Å². The maximum Gasteiger partial charge on any atom is 0.217 e. The highest BCUT2D eigenvalue weighted by molar-refractivity contribution is 8.00. The van der Waals surface area contributed by atoms with Crippen LogP contribution in [0.1, 0.15) is 20.3 Å². The van der Waals surface area contributed by atoms with Crippen LogP contribution in [0.4, 0.5) is 0 Å². The van der Waals surface area contributed by atoms with Gasteiger partial charge in [0.05, 0.1) is 23.0 Å². The van der Waals surface area contributed by atoms with Crippen LogP contribution in [0.5, 0.6) is 0 Å². The maximum absolute atomic E-state index is 11.2. The molecule has 2 aliphatic rings. The molecule has 2 heterocycles. The second-order valence-corrected chi connectivity index (χ2v) is 7.08. The molecule has 1 amide bonds. The summed E-state index contributed by atoms with van der Waals surface area (Å²) in [7, 11) is 0. The van der Waals surface area contributed by atoms with E-state index in [-0.39, 0.29) is 18.0 Å². The molecule has 2 rings (SSSR count). The Balaban J connectivity index is 2.06. The molecule has 0 aromatic carbocycles. The highest BCUT2D eigenvalue weighted by atomic mass is 32.2. The number of carbonyl (C=O) groups excluding carboxylic acids is 2. The van der Waals surface area contributed by atoms with E-state index in [1.165, 1.54) is 18.7 Å². The van der Waals surface area contributed by atoms with Crippen LogP contribution in [0.2, 0.25) is 0 Å². The number of ether oxygens (including phenoxy) is 1. The summed E-state index contributed by atoms with van der Waals surface area (Å²) in [6.07, 6.45) is 7.10. The predicted octanol–water partition coefficient (Wildman–Crippen LogP) is -0.552. The van der Waals surface area contributed by atoms with E-state index in [1.54, 1.807) is 0 Å². The van der Waals surface area contributed by atoms with E-state index < -0.39 is 29.3 Å². The summed E-state index contributed by atoms with van der Waals surface area (Å²) < 4.78 is 5.48. The number of aliphatic carboxylic acids is 1. The van der Waals surface area contributed by atoms with E-state index in [4.69, 9.17) is 4.74 Å². The highest BCUT2D eigenvalue weighted by Gasteiger charge is 2.46. The van der Waals surface area contributed by atoms with Crippen molar-refractivity contribution in [2.24, 2.45) is 4.99 Å². The summed E-state index contributed by atoms with van der Waals surface area (Å²) in [5.41, 5.74) is 0.707. The van der Waals surface area contributed by atoms with Crippen LogP contribution in [0.3, 0.4) is 0 Å². The van der Waals surface area contributed by atoms with Crippen molar-refractivity contribution < 1.29 is 24.5 Å². The lowest BCUT2D eigenvalue weighted by molar-refractivity contribution is -0.307. The second kappa shape index (κ2) is 9.17. The number of hydrogen-bond donors (Lipinski definition) is 2. The first-order chi connectivity index (χ1) is 11.9. The van der Waals surface area contributed by atoms with Gasteiger partial charge >= 0.3 is 0 Å². The van der Waals surface area contributed by atoms with Crippen molar-refractivity contribution in [2.45, 2.75) is 49.9 Å². The van der Waals surface area contributed by atoms with Crippen molar-refractivity contribution in [3.8, 4) is 0 Å². The minimum absolute atomic E-state index is 0.0670. The van der Waals surface area contributed by atoms with Gasteiger partial charge in [-0.05, 0) is 19.4 Å². The number of carbonyl (C=O) groups is 2. The fraction of sp³-hybridized carbons (Fsp3) is 0.588. The molecule has 0 radical (unpaired) electrons. The van der Waals surface area contributed by atoms with E-state index in [2.05, 4.69) is 10.3 Å². The number of carboxylic acids is 1. The lowest BCUT2D eigenvalue weighted by Crippen LogP contribution is -2.49. The SMILES string of the molecule is C/C=C/C1OC1C(O)C(SC[C@H](NC(C)=O)C(=O)[O-])C1=NCCC=C1. The van der Waals surface area contributed by atoms with Crippen molar-refractivity contribution in [1.82, 2.24) is 5.32 Å². The largest absolute Gasteiger partial charge is 0.548 e. The average molecular weight is 367 g/mol. The molecule has 2 aliphatic heterocycles. The molecule has 0 bridgehead atoms. The average Bonchev–Trinajstić information content (AvgIpc) is 3.34. The molecule has 1 saturated heterocycles. The van der Waals surface area contributed by atoms with Crippen molar-refractivity contribution in [3.63, 3.8) is 0 Å². The first kappa shape index (κ1) is 19.7. The number of nitrogens with zero attached hydrogens (tertiary/aromatic N) is 1.